The lowest BCUT2D eigenvalue weighted by atomic mass is 9.91. The Bertz CT molecular complexity index is 317. The van der Waals surface area contributed by atoms with Gasteiger partial charge in [-0.1, -0.05) is 38.1 Å². The zero-order valence-corrected chi connectivity index (χ0v) is 9.16. The Morgan fingerprint density at radius 2 is 2.00 bits per heavy atom. The summed E-state index contributed by atoms with van der Waals surface area (Å²) < 4.78 is 5.61. The molecular weight excluding hydrogens is 172 g/mol. The van der Waals surface area contributed by atoms with Gasteiger partial charge in [-0.05, 0) is 29.4 Å². The summed E-state index contributed by atoms with van der Waals surface area (Å²) in [4.78, 5) is 0. The molecule has 0 spiro atoms. The van der Waals surface area contributed by atoms with Gasteiger partial charge in [0.1, 0.15) is 0 Å². The Kier molecular flexibility index (Phi) is 2.60. The minimum absolute atomic E-state index is 0.311. The van der Waals surface area contributed by atoms with Gasteiger partial charge in [0.25, 0.3) is 0 Å². The van der Waals surface area contributed by atoms with E-state index in [-0.39, 0.29) is 0 Å². The molecule has 0 fully saturated rings. The molecule has 0 bridgehead atoms. The molecule has 2 unspecified atom stereocenters. The van der Waals surface area contributed by atoms with Crippen molar-refractivity contribution in [1.29, 1.82) is 0 Å². The fourth-order valence-electron chi connectivity index (χ4n) is 2.48. The van der Waals surface area contributed by atoms with Crippen LogP contribution in [0.5, 0.6) is 0 Å². The highest BCUT2D eigenvalue weighted by molar-refractivity contribution is 5.34. The van der Waals surface area contributed by atoms with Crippen molar-refractivity contribution in [3.8, 4) is 0 Å². The third kappa shape index (κ3) is 1.46. The average Bonchev–Trinajstić information content (AvgIpc) is 2.56. The van der Waals surface area contributed by atoms with E-state index in [1.54, 1.807) is 0 Å². The van der Waals surface area contributed by atoms with E-state index in [2.05, 4.69) is 38.1 Å². The van der Waals surface area contributed by atoms with Gasteiger partial charge >= 0.3 is 0 Å². The lowest BCUT2D eigenvalue weighted by Crippen LogP contribution is -2.15. The second-order valence-electron chi connectivity index (χ2n) is 4.47. The van der Waals surface area contributed by atoms with Gasteiger partial charge in [0.2, 0.25) is 0 Å². The first-order valence-electron chi connectivity index (χ1n) is 5.34. The van der Waals surface area contributed by atoms with Crippen molar-refractivity contribution < 1.29 is 4.74 Å². The Morgan fingerprint density at radius 3 is 2.64 bits per heavy atom. The molecule has 1 aliphatic rings. The number of hydrogen-bond donors (Lipinski definition) is 0. The van der Waals surface area contributed by atoms with Crippen molar-refractivity contribution in [3.05, 3.63) is 35.4 Å². The number of rotatable bonds is 2. The summed E-state index contributed by atoms with van der Waals surface area (Å²) in [6.07, 6.45) is 1.48. The summed E-state index contributed by atoms with van der Waals surface area (Å²) in [6, 6.07) is 8.65. The summed E-state index contributed by atoms with van der Waals surface area (Å²) in [6.45, 7) is 4.56. The van der Waals surface area contributed by atoms with Crippen LogP contribution in [-0.2, 0) is 11.2 Å². The second kappa shape index (κ2) is 3.74. The maximum atomic E-state index is 5.61. The summed E-state index contributed by atoms with van der Waals surface area (Å²) in [5.41, 5.74) is 2.87. The average molecular weight is 190 g/mol. The molecule has 0 aliphatic heterocycles. The zero-order chi connectivity index (χ0) is 10.1. The zero-order valence-electron chi connectivity index (χ0n) is 9.16. The summed E-state index contributed by atoms with van der Waals surface area (Å²) in [5.74, 6) is 1.34. The van der Waals surface area contributed by atoms with E-state index in [1.807, 2.05) is 7.11 Å². The number of ether oxygens (including phenoxy) is 1. The van der Waals surface area contributed by atoms with Crippen LogP contribution in [0.15, 0.2) is 24.3 Å². The number of hydrogen-bond acceptors (Lipinski definition) is 1. The largest absolute Gasteiger partial charge is 0.376 e. The Morgan fingerprint density at radius 1 is 1.29 bits per heavy atom. The van der Waals surface area contributed by atoms with Crippen LogP contribution in [0.3, 0.4) is 0 Å². The van der Waals surface area contributed by atoms with Crippen molar-refractivity contribution in [2.24, 2.45) is 11.8 Å². The molecule has 1 heteroatoms. The third-order valence-electron chi connectivity index (χ3n) is 3.32. The number of benzene rings is 1. The van der Waals surface area contributed by atoms with Gasteiger partial charge in [-0.15, -0.1) is 0 Å². The molecule has 76 valence electrons. The first-order chi connectivity index (χ1) is 6.74. The van der Waals surface area contributed by atoms with Gasteiger partial charge in [-0.25, -0.2) is 0 Å². The lowest BCUT2D eigenvalue weighted by molar-refractivity contribution is 0.0443. The minimum atomic E-state index is 0.311. The topological polar surface area (TPSA) is 9.23 Å². The highest BCUT2D eigenvalue weighted by Gasteiger charge is 2.33. The molecule has 0 amide bonds. The van der Waals surface area contributed by atoms with E-state index in [9.17, 15) is 0 Å². The van der Waals surface area contributed by atoms with Crippen LogP contribution in [0.1, 0.15) is 31.1 Å². The minimum Gasteiger partial charge on any atom is -0.376 e. The molecule has 2 atom stereocenters. The lowest BCUT2D eigenvalue weighted by Gasteiger charge is -2.22. The fourth-order valence-corrected chi connectivity index (χ4v) is 2.48. The van der Waals surface area contributed by atoms with Crippen LogP contribution in [0, 0.1) is 11.8 Å². The highest BCUT2D eigenvalue weighted by Crippen LogP contribution is 2.41. The van der Waals surface area contributed by atoms with Crippen LogP contribution in [0.2, 0.25) is 0 Å². The van der Waals surface area contributed by atoms with Gasteiger partial charge in [-0.3, -0.25) is 0 Å². The van der Waals surface area contributed by atoms with Gasteiger partial charge < -0.3 is 4.74 Å². The summed E-state index contributed by atoms with van der Waals surface area (Å²) >= 11 is 0. The molecule has 0 saturated heterocycles. The molecule has 0 radical (unpaired) electrons. The number of methoxy groups -OCH3 is 1. The molecular formula is C13H18O. The quantitative estimate of drug-likeness (QED) is 0.696. The summed E-state index contributed by atoms with van der Waals surface area (Å²) in [7, 11) is 1.82. The second-order valence-corrected chi connectivity index (χ2v) is 4.47. The van der Waals surface area contributed by atoms with Crippen LogP contribution < -0.4 is 0 Å². The summed E-state index contributed by atoms with van der Waals surface area (Å²) in [5, 5.41) is 0. The molecule has 0 heterocycles. The first kappa shape index (κ1) is 9.72. The number of fused-ring (bicyclic) bond motifs is 1. The standard InChI is InChI=1S/C13H18O/c1-9(2)12-8-10-6-4-5-7-11(10)13(12)14-3/h4-7,9,12-13H,8H2,1-3H3. The Labute approximate surface area is 86.1 Å². The normalized spacial score (nSPS) is 25.4. The molecule has 14 heavy (non-hydrogen) atoms. The van der Waals surface area contributed by atoms with Crippen molar-refractivity contribution in [1.82, 2.24) is 0 Å². The molecule has 2 rings (SSSR count). The Balaban J connectivity index is 2.34. The fraction of sp³-hybridized carbons (Fsp3) is 0.538. The van der Waals surface area contributed by atoms with E-state index >= 15 is 0 Å². The van der Waals surface area contributed by atoms with E-state index in [1.165, 1.54) is 17.5 Å². The van der Waals surface area contributed by atoms with Crippen molar-refractivity contribution in [3.63, 3.8) is 0 Å². The van der Waals surface area contributed by atoms with E-state index in [0.717, 1.165) is 0 Å². The van der Waals surface area contributed by atoms with Crippen molar-refractivity contribution >= 4 is 0 Å². The van der Waals surface area contributed by atoms with Gasteiger partial charge in [0, 0.05) is 7.11 Å². The van der Waals surface area contributed by atoms with Crippen LogP contribution in [0.25, 0.3) is 0 Å². The molecule has 1 nitrogen and oxygen atoms in total. The van der Waals surface area contributed by atoms with Gasteiger partial charge in [-0.2, -0.15) is 0 Å². The van der Waals surface area contributed by atoms with Crippen molar-refractivity contribution in [2.45, 2.75) is 26.4 Å². The molecule has 1 aromatic carbocycles. The first-order valence-corrected chi connectivity index (χ1v) is 5.34. The van der Waals surface area contributed by atoms with Crippen LogP contribution in [-0.4, -0.2) is 7.11 Å². The SMILES string of the molecule is COC1c2ccccc2CC1C(C)C. The van der Waals surface area contributed by atoms with Crippen molar-refractivity contribution in [2.75, 3.05) is 7.11 Å². The van der Waals surface area contributed by atoms with Gasteiger partial charge in [0.05, 0.1) is 6.10 Å². The smallest absolute Gasteiger partial charge is 0.0857 e. The van der Waals surface area contributed by atoms with E-state index < -0.39 is 0 Å². The molecule has 0 saturated carbocycles. The molecule has 1 aliphatic carbocycles. The van der Waals surface area contributed by atoms with Crippen LogP contribution >= 0.6 is 0 Å². The molecule has 1 aromatic rings. The van der Waals surface area contributed by atoms with E-state index in [0.29, 0.717) is 17.9 Å². The van der Waals surface area contributed by atoms with Gasteiger partial charge in [0.15, 0.2) is 0 Å². The predicted octanol–water partition coefficient (Wildman–Crippen LogP) is 3.20. The maximum Gasteiger partial charge on any atom is 0.0857 e. The predicted molar refractivity (Wildman–Crippen MR) is 58.2 cm³/mol. The molecule has 0 N–H and O–H groups in total. The monoisotopic (exact) mass is 190 g/mol. The van der Waals surface area contributed by atoms with Crippen LogP contribution in [0.4, 0.5) is 0 Å². The Hall–Kier alpha value is -0.820. The third-order valence-corrected chi connectivity index (χ3v) is 3.32. The maximum absolute atomic E-state index is 5.61. The highest BCUT2D eigenvalue weighted by atomic mass is 16.5. The molecule has 0 aromatic heterocycles. The van der Waals surface area contributed by atoms with E-state index in [4.69, 9.17) is 4.74 Å².